The van der Waals surface area contributed by atoms with Gasteiger partial charge in [0.15, 0.2) is 5.96 Å². The number of benzene rings is 1. The number of methoxy groups -OCH3 is 1. The topological polar surface area (TPSA) is 54.9 Å². The third-order valence-electron chi connectivity index (χ3n) is 4.59. The molecule has 25 heavy (non-hydrogen) atoms. The molecule has 0 atom stereocenters. The molecule has 1 aromatic rings. The number of nitrogens with zero attached hydrogens (tertiary/aromatic N) is 1. The highest BCUT2D eigenvalue weighted by Gasteiger charge is 2.34. The Labute approximate surface area is 156 Å². The van der Waals surface area contributed by atoms with Gasteiger partial charge in [-0.05, 0) is 43.9 Å². The van der Waals surface area contributed by atoms with Crippen LogP contribution in [0.15, 0.2) is 29.3 Å². The zero-order valence-corrected chi connectivity index (χ0v) is 16.1. The molecule has 1 aromatic carbocycles. The summed E-state index contributed by atoms with van der Waals surface area (Å²) in [6, 6.07) is 8.17. The molecule has 140 valence electrons. The predicted molar refractivity (Wildman–Crippen MR) is 104 cm³/mol. The summed E-state index contributed by atoms with van der Waals surface area (Å²) in [4.78, 5) is 4.87. The zero-order chi connectivity index (χ0) is 18.0. The number of hydrogen-bond acceptors (Lipinski definition) is 3. The quantitative estimate of drug-likeness (QED) is 0.421. The number of rotatable bonds is 8. The van der Waals surface area contributed by atoms with Crippen LogP contribution < -0.4 is 10.6 Å². The number of ether oxygens (including phenoxy) is 2. The summed E-state index contributed by atoms with van der Waals surface area (Å²) in [7, 11) is 1.72. The minimum Gasteiger partial charge on any atom is -0.385 e. The Balaban J connectivity index is 2.11. The van der Waals surface area contributed by atoms with Gasteiger partial charge in [-0.25, -0.2) is 0 Å². The van der Waals surface area contributed by atoms with Gasteiger partial charge >= 0.3 is 0 Å². The standard InChI is InChI=1S/C19H30ClN3O2/c1-3-21-18(22-10-5-11-24-2)23-15-19(8-12-25-13-9-19)16-6-4-7-17(20)14-16/h4,6-7,14H,3,5,8-13,15H2,1-2H3,(H2,21,22,23). The summed E-state index contributed by atoms with van der Waals surface area (Å²) in [6.45, 7) is 6.75. The second-order valence-electron chi connectivity index (χ2n) is 6.37. The van der Waals surface area contributed by atoms with Gasteiger partial charge < -0.3 is 20.1 Å². The molecule has 1 aliphatic heterocycles. The maximum Gasteiger partial charge on any atom is 0.191 e. The first-order chi connectivity index (χ1) is 12.2. The highest BCUT2D eigenvalue weighted by molar-refractivity contribution is 6.30. The van der Waals surface area contributed by atoms with E-state index in [-0.39, 0.29) is 5.41 Å². The van der Waals surface area contributed by atoms with Gasteiger partial charge in [-0.3, -0.25) is 4.99 Å². The summed E-state index contributed by atoms with van der Waals surface area (Å²) in [5.41, 5.74) is 1.24. The van der Waals surface area contributed by atoms with E-state index in [4.69, 9.17) is 26.1 Å². The van der Waals surface area contributed by atoms with Crippen LogP contribution >= 0.6 is 11.6 Å². The molecule has 5 nitrogen and oxygen atoms in total. The molecule has 2 rings (SSSR count). The third kappa shape index (κ3) is 6.17. The molecule has 0 bridgehead atoms. The maximum atomic E-state index is 6.23. The van der Waals surface area contributed by atoms with Crippen LogP contribution in [0.5, 0.6) is 0 Å². The lowest BCUT2D eigenvalue weighted by Crippen LogP contribution is -2.41. The van der Waals surface area contributed by atoms with Crippen LogP contribution in [0, 0.1) is 0 Å². The van der Waals surface area contributed by atoms with Crippen molar-refractivity contribution in [2.75, 3.05) is 46.6 Å². The van der Waals surface area contributed by atoms with Crippen LogP contribution in [0.3, 0.4) is 0 Å². The molecular formula is C19H30ClN3O2. The molecule has 0 spiro atoms. The van der Waals surface area contributed by atoms with Crippen LogP contribution in [0.2, 0.25) is 5.02 Å². The van der Waals surface area contributed by atoms with E-state index in [1.54, 1.807) is 7.11 Å². The minimum atomic E-state index is -0.0158. The van der Waals surface area contributed by atoms with E-state index >= 15 is 0 Å². The first-order valence-electron chi connectivity index (χ1n) is 9.05. The van der Waals surface area contributed by atoms with Crippen molar-refractivity contribution < 1.29 is 9.47 Å². The van der Waals surface area contributed by atoms with E-state index in [0.29, 0.717) is 0 Å². The Morgan fingerprint density at radius 1 is 1.32 bits per heavy atom. The fourth-order valence-corrected chi connectivity index (χ4v) is 3.30. The number of halogens is 1. The highest BCUT2D eigenvalue weighted by atomic mass is 35.5. The lowest BCUT2D eigenvalue weighted by molar-refractivity contribution is 0.0531. The average Bonchev–Trinajstić information content (AvgIpc) is 2.64. The van der Waals surface area contributed by atoms with Crippen LogP contribution in [-0.2, 0) is 14.9 Å². The fraction of sp³-hybridized carbons (Fsp3) is 0.632. The van der Waals surface area contributed by atoms with E-state index in [2.05, 4.69) is 29.7 Å². The predicted octanol–water partition coefficient (Wildman–Crippen LogP) is 2.98. The lowest BCUT2D eigenvalue weighted by atomic mass is 9.74. The van der Waals surface area contributed by atoms with E-state index in [1.807, 2.05) is 12.1 Å². The molecule has 0 amide bonds. The highest BCUT2D eigenvalue weighted by Crippen LogP contribution is 2.36. The smallest absolute Gasteiger partial charge is 0.191 e. The molecule has 0 radical (unpaired) electrons. The molecule has 1 aliphatic rings. The van der Waals surface area contributed by atoms with Gasteiger partial charge in [0.1, 0.15) is 0 Å². The summed E-state index contributed by atoms with van der Waals surface area (Å²) >= 11 is 6.23. The molecule has 1 heterocycles. The molecule has 0 saturated carbocycles. The fourth-order valence-electron chi connectivity index (χ4n) is 3.11. The SMILES string of the molecule is CCNC(=NCC1(c2cccc(Cl)c2)CCOCC1)NCCCOC. The summed E-state index contributed by atoms with van der Waals surface area (Å²) in [5, 5.41) is 7.47. The lowest BCUT2D eigenvalue weighted by Gasteiger charge is -2.36. The monoisotopic (exact) mass is 367 g/mol. The molecule has 6 heteroatoms. The molecule has 0 aliphatic carbocycles. The van der Waals surface area contributed by atoms with Crippen molar-refractivity contribution in [3.05, 3.63) is 34.9 Å². The second kappa shape index (κ2) is 10.6. The first-order valence-corrected chi connectivity index (χ1v) is 9.43. The van der Waals surface area contributed by atoms with Crippen LogP contribution in [-0.4, -0.2) is 52.5 Å². The zero-order valence-electron chi connectivity index (χ0n) is 15.3. The number of guanidine groups is 1. The Morgan fingerprint density at radius 3 is 2.80 bits per heavy atom. The molecule has 0 aromatic heterocycles. The number of nitrogens with one attached hydrogen (secondary N) is 2. The Bertz CT molecular complexity index is 545. The van der Waals surface area contributed by atoms with Gasteiger partial charge in [-0.2, -0.15) is 0 Å². The van der Waals surface area contributed by atoms with E-state index in [0.717, 1.165) is 69.7 Å². The van der Waals surface area contributed by atoms with Gasteiger partial charge in [0, 0.05) is 50.5 Å². The molecule has 2 N–H and O–H groups in total. The molecule has 0 unspecified atom stereocenters. The Morgan fingerprint density at radius 2 is 2.12 bits per heavy atom. The van der Waals surface area contributed by atoms with E-state index < -0.39 is 0 Å². The molecule has 1 saturated heterocycles. The van der Waals surface area contributed by atoms with Gasteiger partial charge in [0.25, 0.3) is 0 Å². The van der Waals surface area contributed by atoms with Crippen LogP contribution in [0.25, 0.3) is 0 Å². The van der Waals surface area contributed by atoms with Crippen molar-refractivity contribution in [2.45, 2.75) is 31.6 Å². The third-order valence-corrected chi connectivity index (χ3v) is 4.82. The van der Waals surface area contributed by atoms with Crippen molar-refractivity contribution in [3.8, 4) is 0 Å². The van der Waals surface area contributed by atoms with Crippen molar-refractivity contribution in [1.29, 1.82) is 0 Å². The summed E-state index contributed by atoms with van der Waals surface area (Å²) in [6.07, 6.45) is 2.87. The first kappa shape index (κ1) is 20.0. The number of aliphatic imine (C=N–C) groups is 1. The second-order valence-corrected chi connectivity index (χ2v) is 6.81. The van der Waals surface area contributed by atoms with E-state index in [9.17, 15) is 0 Å². The van der Waals surface area contributed by atoms with Crippen molar-refractivity contribution in [3.63, 3.8) is 0 Å². The number of hydrogen-bond donors (Lipinski definition) is 2. The Kier molecular flexibility index (Phi) is 8.52. The Hall–Kier alpha value is -1.30. The summed E-state index contributed by atoms with van der Waals surface area (Å²) < 4.78 is 10.7. The van der Waals surface area contributed by atoms with Crippen molar-refractivity contribution in [2.24, 2.45) is 4.99 Å². The van der Waals surface area contributed by atoms with Crippen molar-refractivity contribution >= 4 is 17.6 Å². The van der Waals surface area contributed by atoms with Gasteiger partial charge in [-0.15, -0.1) is 0 Å². The van der Waals surface area contributed by atoms with Gasteiger partial charge in [-0.1, -0.05) is 23.7 Å². The van der Waals surface area contributed by atoms with Gasteiger partial charge in [0.2, 0.25) is 0 Å². The molecule has 1 fully saturated rings. The maximum absolute atomic E-state index is 6.23. The average molecular weight is 368 g/mol. The van der Waals surface area contributed by atoms with Crippen LogP contribution in [0.4, 0.5) is 0 Å². The largest absolute Gasteiger partial charge is 0.385 e. The molecular weight excluding hydrogens is 338 g/mol. The summed E-state index contributed by atoms with van der Waals surface area (Å²) in [5.74, 6) is 0.853. The normalized spacial score (nSPS) is 17.3. The van der Waals surface area contributed by atoms with Crippen LogP contribution in [0.1, 0.15) is 31.7 Å². The van der Waals surface area contributed by atoms with E-state index in [1.165, 1.54) is 5.56 Å². The minimum absolute atomic E-state index is 0.0158. The van der Waals surface area contributed by atoms with Gasteiger partial charge in [0.05, 0.1) is 6.54 Å². The van der Waals surface area contributed by atoms with Crippen molar-refractivity contribution in [1.82, 2.24) is 10.6 Å².